The number of carbonyl (C=O) groups excluding carboxylic acids is 1. The van der Waals surface area contributed by atoms with Crippen LogP contribution < -0.4 is 5.32 Å². The summed E-state index contributed by atoms with van der Waals surface area (Å²) >= 11 is 0. The first-order valence-electron chi connectivity index (χ1n) is 7.74. The molecule has 2 aromatic carbocycles. The highest BCUT2D eigenvalue weighted by Gasteiger charge is 2.37. The molecule has 1 N–H and O–H groups in total. The number of aromatic nitrogens is 2. The van der Waals surface area contributed by atoms with Crippen molar-refractivity contribution in [3.8, 4) is 11.5 Å². The summed E-state index contributed by atoms with van der Waals surface area (Å²) in [6.07, 6.45) is -10.3. The maximum atomic E-state index is 13.7. The number of hydrogen-bond donors (Lipinski definition) is 1. The van der Waals surface area contributed by atoms with Crippen LogP contribution in [-0.4, -0.2) is 16.1 Å². The van der Waals surface area contributed by atoms with E-state index < -0.39 is 58.5 Å². The zero-order valence-corrected chi connectivity index (χ0v) is 14.2. The van der Waals surface area contributed by atoms with Gasteiger partial charge in [-0.05, 0) is 30.3 Å². The molecular formula is C17H7F8N3O2. The summed E-state index contributed by atoms with van der Waals surface area (Å²) < 4.78 is 109. The zero-order valence-electron chi connectivity index (χ0n) is 14.2. The van der Waals surface area contributed by atoms with Crippen molar-refractivity contribution < 1.29 is 44.3 Å². The van der Waals surface area contributed by atoms with Crippen molar-refractivity contribution in [2.75, 3.05) is 5.32 Å². The van der Waals surface area contributed by atoms with Gasteiger partial charge in [0.05, 0.1) is 16.7 Å². The van der Waals surface area contributed by atoms with E-state index in [1.165, 1.54) is 0 Å². The average molecular weight is 437 g/mol. The fourth-order valence-electron chi connectivity index (χ4n) is 2.30. The van der Waals surface area contributed by atoms with Crippen LogP contribution in [0.25, 0.3) is 11.5 Å². The van der Waals surface area contributed by atoms with E-state index in [0.29, 0.717) is 6.07 Å². The molecule has 0 radical (unpaired) electrons. The van der Waals surface area contributed by atoms with Crippen LogP contribution in [-0.2, 0) is 12.4 Å². The standard InChI is InChI=1S/C17H7F8N3O2/c18-10-1-2-11(12(19)6-10)14-27-28-15(30-14)26-13(29)7-3-8(16(20,21)22)5-9(4-7)17(23,24)25/h1-6H,(H,26,28,29). The molecule has 0 bridgehead atoms. The fraction of sp³-hybridized carbons (Fsp3) is 0.118. The molecule has 0 aliphatic carbocycles. The van der Waals surface area contributed by atoms with Crippen molar-refractivity contribution in [3.05, 3.63) is 64.7 Å². The minimum atomic E-state index is -5.14. The summed E-state index contributed by atoms with van der Waals surface area (Å²) in [6.45, 7) is 0. The van der Waals surface area contributed by atoms with Gasteiger partial charge in [-0.1, -0.05) is 5.10 Å². The molecule has 0 saturated carbocycles. The van der Waals surface area contributed by atoms with Crippen molar-refractivity contribution in [3.63, 3.8) is 0 Å². The first kappa shape index (κ1) is 21.2. The molecule has 158 valence electrons. The van der Waals surface area contributed by atoms with Crippen LogP contribution in [0.5, 0.6) is 0 Å². The lowest BCUT2D eigenvalue weighted by molar-refractivity contribution is -0.143. The van der Waals surface area contributed by atoms with Gasteiger partial charge in [-0.15, -0.1) is 5.10 Å². The highest BCUT2D eigenvalue weighted by molar-refractivity contribution is 6.03. The van der Waals surface area contributed by atoms with E-state index in [1.54, 1.807) is 0 Å². The minimum Gasteiger partial charge on any atom is -0.403 e. The second-order valence-corrected chi connectivity index (χ2v) is 5.79. The van der Waals surface area contributed by atoms with Gasteiger partial charge in [0.15, 0.2) is 0 Å². The lowest BCUT2D eigenvalue weighted by atomic mass is 10.0. The summed E-state index contributed by atoms with van der Waals surface area (Å²) in [7, 11) is 0. The van der Waals surface area contributed by atoms with Crippen LogP contribution in [0.15, 0.2) is 40.8 Å². The summed E-state index contributed by atoms with van der Waals surface area (Å²) in [4.78, 5) is 12.1. The average Bonchev–Trinajstić information content (AvgIpc) is 3.08. The van der Waals surface area contributed by atoms with Gasteiger partial charge in [-0.25, -0.2) is 8.78 Å². The Kier molecular flexibility index (Phi) is 5.22. The predicted molar refractivity (Wildman–Crippen MR) is 84.0 cm³/mol. The molecule has 0 spiro atoms. The molecule has 30 heavy (non-hydrogen) atoms. The Bertz CT molecular complexity index is 1070. The molecule has 5 nitrogen and oxygen atoms in total. The van der Waals surface area contributed by atoms with Gasteiger partial charge < -0.3 is 4.42 Å². The third-order valence-electron chi connectivity index (χ3n) is 3.66. The third-order valence-corrected chi connectivity index (χ3v) is 3.66. The van der Waals surface area contributed by atoms with Crippen molar-refractivity contribution >= 4 is 11.9 Å². The number of rotatable bonds is 3. The van der Waals surface area contributed by atoms with E-state index in [9.17, 15) is 39.9 Å². The molecule has 0 fully saturated rings. The third kappa shape index (κ3) is 4.55. The summed E-state index contributed by atoms with van der Waals surface area (Å²) in [5, 5.41) is 8.52. The predicted octanol–water partition coefficient (Wildman–Crippen LogP) is 5.30. The van der Waals surface area contributed by atoms with Gasteiger partial charge in [0, 0.05) is 11.6 Å². The van der Waals surface area contributed by atoms with Crippen molar-refractivity contribution in [1.29, 1.82) is 0 Å². The van der Waals surface area contributed by atoms with Crippen LogP contribution in [0.4, 0.5) is 41.1 Å². The molecule has 1 aromatic heterocycles. The number of anilines is 1. The van der Waals surface area contributed by atoms with Crippen LogP contribution in [0.2, 0.25) is 0 Å². The molecule has 3 rings (SSSR count). The maximum absolute atomic E-state index is 13.7. The van der Waals surface area contributed by atoms with Crippen LogP contribution >= 0.6 is 0 Å². The largest absolute Gasteiger partial charge is 0.416 e. The number of benzene rings is 2. The summed E-state index contributed by atoms with van der Waals surface area (Å²) in [6, 6.07) is 1.89. The Labute approximate surface area is 161 Å². The molecule has 1 amide bonds. The number of halogens is 8. The van der Waals surface area contributed by atoms with Crippen LogP contribution in [0, 0.1) is 11.6 Å². The first-order valence-corrected chi connectivity index (χ1v) is 7.74. The van der Waals surface area contributed by atoms with E-state index in [4.69, 9.17) is 4.42 Å². The van der Waals surface area contributed by atoms with Gasteiger partial charge >= 0.3 is 18.4 Å². The summed E-state index contributed by atoms with van der Waals surface area (Å²) in [5.41, 5.74) is -4.71. The fourth-order valence-corrected chi connectivity index (χ4v) is 2.30. The number of nitrogens with one attached hydrogen (secondary N) is 1. The Hall–Kier alpha value is -3.51. The van der Waals surface area contributed by atoms with Crippen molar-refractivity contribution in [1.82, 2.24) is 10.2 Å². The second-order valence-electron chi connectivity index (χ2n) is 5.79. The number of hydrogen-bond acceptors (Lipinski definition) is 4. The topological polar surface area (TPSA) is 68.0 Å². The number of amides is 1. The van der Waals surface area contributed by atoms with E-state index in [-0.39, 0.29) is 23.8 Å². The molecule has 0 unspecified atom stereocenters. The number of nitrogens with zero attached hydrogens (tertiary/aromatic N) is 2. The van der Waals surface area contributed by atoms with E-state index in [2.05, 4.69) is 10.2 Å². The van der Waals surface area contributed by atoms with Gasteiger partial charge in [0.1, 0.15) is 11.6 Å². The summed E-state index contributed by atoms with van der Waals surface area (Å²) in [5.74, 6) is -3.90. The number of alkyl halides is 6. The Morgan fingerprint density at radius 1 is 0.867 bits per heavy atom. The zero-order chi connectivity index (χ0) is 22.3. The second kappa shape index (κ2) is 7.39. The quantitative estimate of drug-likeness (QED) is 0.565. The Morgan fingerprint density at radius 2 is 1.47 bits per heavy atom. The smallest absolute Gasteiger partial charge is 0.403 e. The number of carbonyl (C=O) groups is 1. The highest BCUT2D eigenvalue weighted by atomic mass is 19.4. The normalized spacial score (nSPS) is 12.1. The molecule has 3 aromatic rings. The van der Waals surface area contributed by atoms with Crippen molar-refractivity contribution in [2.45, 2.75) is 12.4 Å². The lowest BCUT2D eigenvalue weighted by Crippen LogP contribution is -2.17. The van der Waals surface area contributed by atoms with E-state index >= 15 is 0 Å². The van der Waals surface area contributed by atoms with Crippen LogP contribution in [0.1, 0.15) is 21.5 Å². The molecule has 1 heterocycles. The maximum Gasteiger partial charge on any atom is 0.416 e. The van der Waals surface area contributed by atoms with E-state index in [1.807, 2.05) is 5.32 Å². The monoisotopic (exact) mass is 437 g/mol. The molecular weight excluding hydrogens is 430 g/mol. The molecule has 0 aliphatic heterocycles. The Balaban J connectivity index is 1.90. The minimum absolute atomic E-state index is 0.140. The van der Waals surface area contributed by atoms with Crippen LogP contribution in [0.3, 0.4) is 0 Å². The van der Waals surface area contributed by atoms with Gasteiger partial charge in [-0.2, -0.15) is 26.3 Å². The molecule has 13 heteroatoms. The molecule has 0 saturated heterocycles. The highest BCUT2D eigenvalue weighted by Crippen LogP contribution is 2.36. The van der Waals surface area contributed by atoms with Gasteiger partial charge in [0.2, 0.25) is 0 Å². The van der Waals surface area contributed by atoms with Gasteiger partial charge in [-0.3, -0.25) is 10.1 Å². The molecule has 0 atom stereocenters. The van der Waals surface area contributed by atoms with Gasteiger partial charge in [0.25, 0.3) is 11.8 Å². The SMILES string of the molecule is O=C(Nc1nnc(-c2ccc(F)cc2F)o1)c1cc(C(F)(F)F)cc(C(F)(F)F)c1. The van der Waals surface area contributed by atoms with E-state index in [0.717, 1.165) is 12.1 Å². The Morgan fingerprint density at radius 3 is 2.00 bits per heavy atom. The first-order chi connectivity index (χ1) is 13.8. The lowest BCUT2D eigenvalue weighted by Gasteiger charge is -2.13. The van der Waals surface area contributed by atoms with Crippen molar-refractivity contribution in [2.24, 2.45) is 0 Å². The molecule has 0 aliphatic rings.